The van der Waals surface area contributed by atoms with E-state index in [2.05, 4.69) is 22.5 Å². The van der Waals surface area contributed by atoms with E-state index in [1.54, 1.807) is 12.1 Å². The lowest BCUT2D eigenvalue weighted by molar-refractivity contribution is -0.117. The fourth-order valence-corrected chi connectivity index (χ4v) is 2.59. The van der Waals surface area contributed by atoms with Gasteiger partial charge >= 0.3 is 0 Å². The summed E-state index contributed by atoms with van der Waals surface area (Å²) in [4.78, 5) is 14.2. The fraction of sp³-hybridized carbons (Fsp3) is 0.500. The molecule has 1 aliphatic rings. The number of carbonyl (C=O) groups is 1. The molecule has 5 heteroatoms. The van der Waals surface area contributed by atoms with Crippen LogP contribution in [0.4, 0.5) is 5.69 Å². The van der Waals surface area contributed by atoms with Crippen molar-refractivity contribution in [3.8, 4) is 0 Å². The Morgan fingerprint density at radius 2 is 2.42 bits per heavy atom. The number of halogens is 1. The topological polar surface area (TPSA) is 44.4 Å². The van der Waals surface area contributed by atoms with Crippen molar-refractivity contribution in [3.63, 3.8) is 0 Å². The van der Waals surface area contributed by atoms with Crippen LogP contribution in [0.2, 0.25) is 5.02 Å². The SMILES string of the molecule is CCN(CC(=O)Nc1cccc(Cl)c1)C1CCNC1. The van der Waals surface area contributed by atoms with Gasteiger partial charge in [0.1, 0.15) is 0 Å². The predicted octanol–water partition coefficient (Wildman–Crippen LogP) is 1.96. The number of likely N-dealkylation sites (N-methyl/N-ethyl adjacent to an activating group) is 1. The second-order valence-corrected chi connectivity index (χ2v) is 5.20. The van der Waals surface area contributed by atoms with Gasteiger partial charge in [-0.05, 0) is 37.7 Å². The van der Waals surface area contributed by atoms with Gasteiger partial charge in [0, 0.05) is 23.3 Å². The molecule has 1 fully saturated rings. The van der Waals surface area contributed by atoms with Gasteiger partial charge in [-0.1, -0.05) is 24.6 Å². The molecule has 4 nitrogen and oxygen atoms in total. The number of nitrogens with one attached hydrogen (secondary N) is 2. The summed E-state index contributed by atoms with van der Waals surface area (Å²) >= 11 is 5.89. The molecular weight excluding hydrogens is 262 g/mol. The van der Waals surface area contributed by atoms with Crippen molar-refractivity contribution in [2.24, 2.45) is 0 Å². The van der Waals surface area contributed by atoms with Crippen molar-refractivity contribution in [3.05, 3.63) is 29.3 Å². The van der Waals surface area contributed by atoms with Crippen LogP contribution in [-0.2, 0) is 4.79 Å². The summed E-state index contributed by atoms with van der Waals surface area (Å²) in [7, 11) is 0. The monoisotopic (exact) mass is 281 g/mol. The summed E-state index contributed by atoms with van der Waals surface area (Å²) in [6, 6.07) is 7.69. The number of hydrogen-bond donors (Lipinski definition) is 2. The van der Waals surface area contributed by atoms with Gasteiger partial charge in [-0.3, -0.25) is 9.69 Å². The lowest BCUT2D eigenvalue weighted by atomic mass is 10.2. The number of anilines is 1. The molecule has 1 aromatic rings. The first kappa shape index (κ1) is 14.3. The Balaban J connectivity index is 1.89. The smallest absolute Gasteiger partial charge is 0.238 e. The number of carbonyl (C=O) groups excluding carboxylic acids is 1. The second kappa shape index (κ2) is 6.89. The molecule has 1 atom stereocenters. The van der Waals surface area contributed by atoms with E-state index in [0.717, 1.165) is 31.7 Å². The molecular formula is C14H20ClN3O. The van der Waals surface area contributed by atoms with E-state index in [9.17, 15) is 4.79 Å². The van der Waals surface area contributed by atoms with Gasteiger partial charge in [-0.25, -0.2) is 0 Å². The molecule has 0 bridgehead atoms. The molecule has 0 saturated carbocycles. The van der Waals surface area contributed by atoms with Crippen molar-refractivity contribution >= 4 is 23.2 Å². The normalized spacial score (nSPS) is 18.8. The summed E-state index contributed by atoms with van der Waals surface area (Å²) < 4.78 is 0. The van der Waals surface area contributed by atoms with Crippen LogP contribution in [-0.4, -0.2) is 43.0 Å². The third-order valence-electron chi connectivity index (χ3n) is 3.41. The first-order valence-electron chi connectivity index (χ1n) is 6.69. The van der Waals surface area contributed by atoms with Crippen LogP contribution in [0.25, 0.3) is 0 Å². The number of amides is 1. The van der Waals surface area contributed by atoms with E-state index in [0.29, 0.717) is 17.6 Å². The van der Waals surface area contributed by atoms with Crippen LogP contribution in [0.3, 0.4) is 0 Å². The molecule has 1 amide bonds. The Kier molecular flexibility index (Phi) is 5.19. The average molecular weight is 282 g/mol. The van der Waals surface area contributed by atoms with Gasteiger partial charge in [0.15, 0.2) is 0 Å². The molecule has 1 aromatic carbocycles. The van der Waals surface area contributed by atoms with E-state index in [4.69, 9.17) is 11.6 Å². The zero-order valence-corrected chi connectivity index (χ0v) is 11.9. The van der Waals surface area contributed by atoms with Gasteiger partial charge in [-0.2, -0.15) is 0 Å². The first-order chi connectivity index (χ1) is 9.19. The molecule has 0 aromatic heterocycles. The van der Waals surface area contributed by atoms with Gasteiger partial charge in [0.2, 0.25) is 5.91 Å². The van der Waals surface area contributed by atoms with E-state index in [1.807, 2.05) is 12.1 Å². The van der Waals surface area contributed by atoms with E-state index in [1.165, 1.54) is 0 Å². The molecule has 1 heterocycles. The van der Waals surface area contributed by atoms with Crippen molar-refractivity contribution in [1.29, 1.82) is 0 Å². The van der Waals surface area contributed by atoms with Crippen molar-refractivity contribution < 1.29 is 4.79 Å². The quantitative estimate of drug-likeness (QED) is 0.867. The van der Waals surface area contributed by atoms with Gasteiger partial charge < -0.3 is 10.6 Å². The maximum atomic E-state index is 12.0. The molecule has 19 heavy (non-hydrogen) atoms. The molecule has 1 unspecified atom stereocenters. The molecule has 2 N–H and O–H groups in total. The minimum Gasteiger partial charge on any atom is -0.325 e. The molecule has 0 aliphatic carbocycles. The van der Waals surface area contributed by atoms with E-state index < -0.39 is 0 Å². The lowest BCUT2D eigenvalue weighted by Gasteiger charge is -2.26. The zero-order chi connectivity index (χ0) is 13.7. The molecule has 0 spiro atoms. The minimum atomic E-state index is 0.0102. The third-order valence-corrected chi connectivity index (χ3v) is 3.65. The highest BCUT2D eigenvalue weighted by molar-refractivity contribution is 6.30. The summed E-state index contributed by atoms with van der Waals surface area (Å²) in [5.41, 5.74) is 0.748. The van der Waals surface area contributed by atoms with Crippen molar-refractivity contribution in [2.75, 3.05) is 31.5 Å². The second-order valence-electron chi connectivity index (χ2n) is 4.77. The average Bonchev–Trinajstić information content (AvgIpc) is 2.89. The Labute approximate surface area is 119 Å². The maximum absolute atomic E-state index is 12.0. The van der Waals surface area contributed by atoms with Crippen molar-refractivity contribution in [2.45, 2.75) is 19.4 Å². The summed E-state index contributed by atoms with van der Waals surface area (Å²) in [5.74, 6) is 0.0102. The Bertz CT molecular complexity index is 432. The summed E-state index contributed by atoms with van der Waals surface area (Å²) in [6.07, 6.45) is 1.11. The van der Waals surface area contributed by atoms with Crippen LogP contribution in [0.15, 0.2) is 24.3 Å². The maximum Gasteiger partial charge on any atom is 0.238 e. The number of benzene rings is 1. The molecule has 104 valence electrons. The number of nitrogens with zero attached hydrogens (tertiary/aromatic N) is 1. The van der Waals surface area contributed by atoms with Crippen LogP contribution in [0.5, 0.6) is 0 Å². The molecule has 1 aliphatic heterocycles. The first-order valence-corrected chi connectivity index (χ1v) is 7.07. The standard InChI is InChI=1S/C14H20ClN3O/c1-2-18(13-6-7-16-9-13)10-14(19)17-12-5-3-4-11(15)8-12/h3-5,8,13,16H,2,6-7,9-10H2,1H3,(H,17,19). The highest BCUT2D eigenvalue weighted by atomic mass is 35.5. The number of rotatable bonds is 5. The van der Waals surface area contributed by atoms with Crippen molar-refractivity contribution in [1.82, 2.24) is 10.2 Å². The fourth-order valence-electron chi connectivity index (χ4n) is 2.40. The van der Waals surface area contributed by atoms with Gasteiger partial charge in [0.05, 0.1) is 6.54 Å². The van der Waals surface area contributed by atoms with Crippen LogP contribution in [0, 0.1) is 0 Å². The minimum absolute atomic E-state index is 0.0102. The van der Waals surface area contributed by atoms with Gasteiger partial charge in [0.25, 0.3) is 0 Å². The van der Waals surface area contributed by atoms with E-state index in [-0.39, 0.29) is 5.91 Å². The van der Waals surface area contributed by atoms with Gasteiger partial charge in [-0.15, -0.1) is 0 Å². The number of hydrogen-bond acceptors (Lipinski definition) is 3. The van der Waals surface area contributed by atoms with Crippen LogP contribution in [0.1, 0.15) is 13.3 Å². The predicted molar refractivity (Wildman–Crippen MR) is 78.6 cm³/mol. The molecule has 2 rings (SSSR count). The van der Waals surface area contributed by atoms with Crippen LogP contribution < -0.4 is 10.6 Å². The Hall–Kier alpha value is -1.10. The zero-order valence-electron chi connectivity index (χ0n) is 11.2. The third kappa shape index (κ3) is 4.20. The Morgan fingerprint density at radius 3 is 3.05 bits per heavy atom. The lowest BCUT2D eigenvalue weighted by Crippen LogP contribution is -2.41. The van der Waals surface area contributed by atoms with Crippen LogP contribution >= 0.6 is 11.6 Å². The molecule has 0 radical (unpaired) electrons. The Morgan fingerprint density at radius 1 is 1.58 bits per heavy atom. The summed E-state index contributed by atoms with van der Waals surface area (Å²) in [6.45, 7) is 5.41. The van der Waals surface area contributed by atoms with E-state index >= 15 is 0 Å². The summed E-state index contributed by atoms with van der Waals surface area (Å²) in [5, 5.41) is 6.84. The highest BCUT2D eigenvalue weighted by Crippen LogP contribution is 2.15. The molecule has 1 saturated heterocycles. The highest BCUT2D eigenvalue weighted by Gasteiger charge is 2.22. The largest absolute Gasteiger partial charge is 0.325 e.